The van der Waals surface area contributed by atoms with Gasteiger partial charge >= 0.3 is 0 Å². The van der Waals surface area contributed by atoms with Crippen molar-refractivity contribution in [3.63, 3.8) is 0 Å². The monoisotopic (exact) mass is 258 g/mol. The number of alkyl halides is 1. The van der Waals surface area contributed by atoms with E-state index in [4.69, 9.17) is 11.6 Å². The summed E-state index contributed by atoms with van der Waals surface area (Å²) in [6.45, 7) is 1.88. The van der Waals surface area contributed by atoms with Crippen molar-refractivity contribution in [3.05, 3.63) is 71.8 Å². The van der Waals surface area contributed by atoms with Gasteiger partial charge in [0.25, 0.3) is 0 Å². The zero-order valence-corrected chi connectivity index (χ0v) is 11.0. The van der Waals surface area contributed by atoms with Gasteiger partial charge in [-0.25, -0.2) is 0 Å². The van der Waals surface area contributed by atoms with Crippen LogP contribution in [-0.4, -0.2) is 5.78 Å². The number of hydrogen-bond acceptors (Lipinski definition) is 1. The molecule has 0 N–H and O–H groups in total. The fourth-order valence-corrected chi connectivity index (χ4v) is 2.18. The lowest BCUT2D eigenvalue weighted by Gasteiger charge is -2.17. The fraction of sp³-hybridized carbons (Fsp3) is 0.188. The van der Waals surface area contributed by atoms with Gasteiger partial charge in [-0.1, -0.05) is 67.6 Å². The maximum atomic E-state index is 12.3. The van der Waals surface area contributed by atoms with Crippen molar-refractivity contribution in [1.82, 2.24) is 0 Å². The molecule has 0 aliphatic heterocycles. The molecule has 2 aromatic rings. The van der Waals surface area contributed by atoms with Crippen LogP contribution in [0, 0.1) is 5.92 Å². The minimum atomic E-state index is -0.293. The molecule has 0 spiro atoms. The average molecular weight is 259 g/mol. The van der Waals surface area contributed by atoms with Crippen LogP contribution in [0.15, 0.2) is 60.7 Å². The number of halogens is 1. The highest BCUT2D eigenvalue weighted by atomic mass is 35.5. The Bertz CT molecular complexity index is 507. The van der Waals surface area contributed by atoms with Crippen molar-refractivity contribution in [2.45, 2.75) is 12.3 Å². The normalized spacial score (nSPS) is 13.9. The maximum absolute atomic E-state index is 12.3. The second kappa shape index (κ2) is 5.83. The number of carbonyl (C=O) groups excluding carboxylic acids is 1. The molecule has 0 aliphatic rings. The molecule has 2 aromatic carbocycles. The van der Waals surface area contributed by atoms with Crippen LogP contribution in [0.1, 0.15) is 28.2 Å². The Morgan fingerprint density at radius 2 is 1.44 bits per heavy atom. The van der Waals surface area contributed by atoms with E-state index in [0.29, 0.717) is 5.56 Å². The van der Waals surface area contributed by atoms with Gasteiger partial charge in [0.15, 0.2) is 5.78 Å². The summed E-state index contributed by atoms with van der Waals surface area (Å²) in [5.41, 5.74) is 1.70. The van der Waals surface area contributed by atoms with E-state index >= 15 is 0 Å². The molecular formula is C16H15ClO. The first-order valence-electron chi connectivity index (χ1n) is 5.98. The average Bonchev–Trinajstić information content (AvgIpc) is 2.47. The Morgan fingerprint density at radius 1 is 0.944 bits per heavy atom. The zero-order chi connectivity index (χ0) is 13.0. The SMILES string of the molecule is C[C@H](C(=O)c1ccccc1)[C@H](Cl)c1ccccc1. The van der Waals surface area contributed by atoms with Crippen LogP contribution < -0.4 is 0 Å². The van der Waals surface area contributed by atoms with Crippen molar-refractivity contribution < 1.29 is 4.79 Å². The van der Waals surface area contributed by atoms with E-state index in [1.807, 2.05) is 67.6 Å². The maximum Gasteiger partial charge on any atom is 0.167 e. The lowest BCUT2D eigenvalue weighted by molar-refractivity contribution is 0.0926. The van der Waals surface area contributed by atoms with Crippen LogP contribution in [0.25, 0.3) is 0 Å². The minimum Gasteiger partial charge on any atom is -0.294 e. The predicted octanol–water partition coefficient (Wildman–Crippen LogP) is 4.49. The summed E-state index contributed by atoms with van der Waals surface area (Å²) in [6, 6.07) is 19.0. The summed E-state index contributed by atoms with van der Waals surface area (Å²) < 4.78 is 0. The van der Waals surface area contributed by atoms with E-state index in [9.17, 15) is 4.79 Å². The highest BCUT2D eigenvalue weighted by molar-refractivity contribution is 6.23. The molecule has 0 fully saturated rings. The summed E-state index contributed by atoms with van der Waals surface area (Å²) in [6.07, 6.45) is 0. The molecule has 2 heteroatoms. The minimum absolute atomic E-state index is 0.0828. The van der Waals surface area contributed by atoms with Gasteiger partial charge < -0.3 is 0 Å². The van der Waals surface area contributed by atoms with E-state index in [2.05, 4.69) is 0 Å². The predicted molar refractivity (Wildman–Crippen MR) is 75.0 cm³/mol. The number of rotatable bonds is 4. The second-order valence-corrected chi connectivity index (χ2v) is 4.80. The van der Waals surface area contributed by atoms with Gasteiger partial charge in [-0.2, -0.15) is 0 Å². The highest BCUT2D eigenvalue weighted by Crippen LogP contribution is 2.30. The summed E-state index contributed by atoms with van der Waals surface area (Å²) in [4.78, 5) is 12.3. The first-order valence-corrected chi connectivity index (χ1v) is 6.42. The molecule has 0 bridgehead atoms. The van der Waals surface area contributed by atoms with Crippen LogP contribution in [0.2, 0.25) is 0 Å². The Labute approximate surface area is 112 Å². The third kappa shape index (κ3) is 2.80. The number of ketones is 1. The summed E-state index contributed by atoms with van der Waals surface area (Å²) >= 11 is 6.38. The van der Waals surface area contributed by atoms with Crippen molar-refractivity contribution in [2.75, 3.05) is 0 Å². The van der Waals surface area contributed by atoms with E-state index in [-0.39, 0.29) is 17.1 Å². The second-order valence-electron chi connectivity index (χ2n) is 4.33. The molecule has 0 radical (unpaired) electrons. The number of carbonyl (C=O) groups is 1. The largest absolute Gasteiger partial charge is 0.294 e. The Hall–Kier alpha value is -1.60. The molecule has 2 rings (SSSR count). The summed E-state index contributed by atoms with van der Waals surface area (Å²) in [7, 11) is 0. The van der Waals surface area contributed by atoms with Crippen molar-refractivity contribution in [2.24, 2.45) is 5.92 Å². The van der Waals surface area contributed by atoms with Gasteiger partial charge in [-0.15, -0.1) is 11.6 Å². The smallest absolute Gasteiger partial charge is 0.167 e. The van der Waals surface area contributed by atoms with E-state index in [0.717, 1.165) is 5.56 Å². The van der Waals surface area contributed by atoms with E-state index < -0.39 is 0 Å². The van der Waals surface area contributed by atoms with Crippen molar-refractivity contribution >= 4 is 17.4 Å². The van der Waals surface area contributed by atoms with Crippen LogP contribution in [-0.2, 0) is 0 Å². The molecule has 0 aromatic heterocycles. The van der Waals surface area contributed by atoms with Crippen molar-refractivity contribution in [1.29, 1.82) is 0 Å². The summed E-state index contributed by atoms with van der Waals surface area (Å²) in [5.74, 6) is -0.157. The molecule has 0 saturated heterocycles. The van der Waals surface area contributed by atoms with Gasteiger partial charge in [-0.3, -0.25) is 4.79 Å². The topological polar surface area (TPSA) is 17.1 Å². The molecular weight excluding hydrogens is 244 g/mol. The third-order valence-electron chi connectivity index (χ3n) is 3.03. The van der Waals surface area contributed by atoms with Gasteiger partial charge in [-0.05, 0) is 5.56 Å². The van der Waals surface area contributed by atoms with E-state index in [1.165, 1.54) is 0 Å². The van der Waals surface area contributed by atoms with Crippen LogP contribution in [0.3, 0.4) is 0 Å². The Morgan fingerprint density at radius 3 is 2.00 bits per heavy atom. The number of hydrogen-bond donors (Lipinski definition) is 0. The van der Waals surface area contributed by atoms with Crippen molar-refractivity contribution in [3.8, 4) is 0 Å². The molecule has 2 atom stereocenters. The lowest BCUT2D eigenvalue weighted by atomic mass is 9.92. The first-order chi connectivity index (χ1) is 8.70. The fourth-order valence-electron chi connectivity index (χ4n) is 1.92. The Kier molecular flexibility index (Phi) is 4.16. The van der Waals surface area contributed by atoms with Gasteiger partial charge in [0.05, 0.1) is 5.38 Å². The quantitative estimate of drug-likeness (QED) is 0.584. The molecule has 0 aliphatic carbocycles. The number of benzene rings is 2. The molecule has 92 valence electrons. The first kappa shape index (κ1) is 12.8. The standard InChI is InChI=1S/C16H15ClO/c1-12(15(17)13-8-4-2-5-9-13)16(18)14-10-6-3-7-11-14/h2-12,15H,1H3/t12-,15-/m0/s1. The number of Topliss-reactive ketones (excluding diaryl/α,β-unsaturated/α-hetero) is 1. The van der Waals surface area contributed by atoms with Crippen LogP contribution in [0.5, 0.6) is 0 Å². The lowest BCUT2D eigenvalue weighted by Crippen LogP contribution is -2.16. The molecule has 18 heavy (non-hydrogen) atoms. The Balaban J connectivity index is 2.17. The van der Waals surface area contributed by atoms with Crippen LogP contribution in [0.4, 0.5) is 0 Å². The zero-order valence-electron chi connectivity index (χ0n) is 10.2. The molecule has 1 nitrogen and oxygen atoms in total. The van der Waals surface area contributed by atoms with Gasteiger partial charge in [0.2, 0.25) is 0 Å². The van der Waals surface area contributed by atoms with E-state index in [1.54, 1.807) is 0 Å². The molecule has 0 amide bonds. The summed E-state index contributed by atoms with van der Waals surface area (Å²) in [5, 5.41) is -0.293. The van der Waals surface area contributed by atoms with Crippen LogP contribution >= 0.6 is 11.6 Å². The highest BCUT2D eigenvalue weighted by Gasteiger charge is 2.24. The van der Waals surface area contributed by atoms with Gasteiger partial charge in [0, 0.05) is 11.5 Å². The molecule has 0 heterocycles. The molecule has 0 saturated carbocycles. The molecule has 0 unspecified atom stereocenters. The third-order valence-corrected chi connectivity index (χ3v) is 3.66. The van der Waals surface area contributed by atoms with Gasteiger partial charge in [0.1, 0.15) is 0 Å².